The second-order valence-electron chi connectivity index (χ2n) is 7.94. The largest absolute Gasteiger partial charge is 0.491 e. The van der Waals surface area contributed by atoms with Gasteiger partial charge in [0.2, 0.25) is 5.91 Å². The van der Waals surface area contributed by atoms with Crippen molar-refractivity contribution in [3.05, 3.63) is 38.6 Å². The molecule has 1 aromatic heterocycles. The molecule has 0 radical (unpaired) electrons. The molecular weight excluding hydrogens is 423 g/mol. The van der Waals surface area contributed by atoms with E-state index in [0.29, 0.717) is 45.8 Å². The highest BCUT2D eigenvalue weighted by atomic mass is 35.5. The normalized spacial score (nSPS) is 14.8. The number of pyridine rings is 1. The third-order valence-electron chi connectivity index (χ3n) is 5.96. The summed E-state index contributed by atoms with van der Waals surface area (Å²) < 4.78 is 7.44. The molecule has 5 nitrogen and oxygen atoms in total. The Hall–Kier alpha value is -1.72. The summed E-state index contributed by atoms with van der Waals surface area (Å²) in [7, 11) is 1.67. The molecule has 0 bridgehead atoms. The maximum Gasteiger partial charge on any atom is 0.250 e. The van der Waals surface area contributed by atoms with E-state index in [9.17, 15) is 9.59 Å². The molecule has 1 fully saturated rings. The Balaban J connectivity index is 1.57. The van der Waals surface area contributed by atoms with E-state index in [1.165, 1.54) is 29.9 Å². The topological polar surface area (TPSA) is 51.5 Å². The predicted octanol–water partition coefficient (Wildman–Crippen LogP) is 5.58. The van der Waals surface area contributed by atoms with Crippen molar-refractivity contribution in [1.82, 2.24) is 9.47 Å². The van der Waals surface area contributed by atoms with Crippen LogP contribution in [0.4, 0.5) is 0 Å². The molecule has 0 unspecified atom stereocenters. The number of hydrogen-bond acceptors (Lipinski definition) is 3. The number of ether oxygens (including phenoxy) is 1. The molecule has 0 atom stereocenters. The summed E-state index contributed by atoms with van der Waals surface area (Å²) in [4.78, 5) is 26.7. The van der Waals surface area contributed by atoms with Crippen molar-refractivity contribution in [3.8, 4) is 5.75 Å². The van der Waals surface area contributed by atoms with Crippen LogP contribution in [0.3, 0.4) is 0 Å². The number of carbonyl (C=O) groups excluding carboxylic acids is 1. The number of aromatic nitrogens is 1. The fourth-order valence-corrected chi connectivity index (χ4v) is 5.01. The third kappa shape index (κ3) is 5.12. The summed E-state index contributed by atoms with van der Waals surface area (Å²) in [5.41, 5.74) is 0.458. The molecule has 2 aromatic rings. The second-order valence-corrected chi connectivity index (χ2v) is 8.75. The molecule has 1 aliphatic carbocycles. The van der Waals surface area contributed by atoms with E-state index in [2.05, 4.69) is 11.8 Å². The SMILES string of the molecule is CCN(C(=O)CCCCOc1c(Cl)cc(Cl)c2c1ccc(=O)n2C)C1CCCCC1. The Morgan fingerprint density at radius 1 is 1.17 bits per heavy atom. The van der Waals surface area contributed by atoms with Gasteiger partial charge < -0.3 is 14.2 Å². The summed E-state index contributed by atoms with van der Waals surface area (Å²) in [6.07, 6.45) is 8.06. The molecule has 0 N–H and O–H groups in total. The zero-order chi connectivity index (χ0) is 21.7. The Morgan fingerprint density at radius 2 is 1.90 bits per heavy atom. The van der Waals surface area contributed by atoms with Crippen LogP contribution in [0.1, 0.15) is 58.3 Å². The van der Waals surface area contributed by atoms with Crippen LogP contribution in [0.15, 0.2) is 23.0 Å². The van der Waals surface area contributed by atoms with Gasteiger partial charge in [-0.15, -0.1) is 0 Å². The summed E-state index contributed by atoms with van der Waals surface area (Å²) in [6, 6.07) is 5.19. The molecule has 1 aromatic carbocycles. The van der Waals surface area contributed by atoms with Gasteiger partial charge >= 0.3 is 0 Å². The van der Waals surface area contributed by atoms with E-state index < -0.39 is 0 Å². The van der Waals surface area contributed by atoms with Gasteiger partial charge in [0, 0.05) is 37.5 Å². The zero-order valence-electron chi connectivity index (χ0n) is 17.8. The minimum atomic E-state index is -0.144. The molecule has 7 heteroatoms. The van der Waals surface area contributed by atoms with Gasteiger partial charge in [0.25, 0.3) is 5.56 Å². The summed E-state index contributed by atoms with van der Waals surface area (Å²) in [6.45, 7) is 3.30. The maximum absolute atomic E-state index is 12.7. The first-order valence-corrected chi connectivity index (χ1v) is 11.6. The highest BCUT2D eigenvalue weighted by molar-refractivity contribution is 6.39. The van der Waals surface area contributed by atoms with Crippen LogP contribution in [-0.2, 0) is 11.8 Å². The Bertz CT molecular complexity index is 952. The van der Waals surface area contributed by atoms with Crippen LogP contribution in [0.5, 0.6) is 5.75 Å². The van der Waals surface area contributed by atoms with Crippen LogP contribution in [0, 0.1) is 0 Å². The molecule has 1 amide bonds. The number of unbranched alkanes of at least 4 members (excludes halogenated alkanes) is 1. The van der Waals surface area contributed by atoms with Gasteiger partial charge in [-0.25, -0.2) is 0 Å². The lowest BCUT2D eigenvalue weighted by Gasteiger charge is -2.33. The summed E-state index contributed by atoms with van der Waals surface area (Å²) in [5.74, 6) is 0.768. The average molecular weight is 453 g/mol. The molecule has 0 spiro atoms. The molecule has 164 valence electrons. The first kappa shape index (κ1) is 23.0. The number of nitrogens with zero attached hydrogens (tertiary/aromatic N) is 2. The number of hydrogen-bond donors (Lipinski definition) is 0. The smallest absolute Gasteiger partial charge is 0.250 e. The third-order valence-corrected chi connectivity index (χ3v) is 6.53. The summed E-state index contributed by atoms with van der Waals surface area (Å²) in [5, 5.41) is 1.53. The van der Waals surface area contributed by atoms with Crippen molar-refractivity contribution >= 4 is 40.0 Å². The number of carbonyl (C=O) groups is 1. The lowest BCUT2D eigenvalue weighted by molar-refractivity contribution is -0.134. The van der Waals surface area contributed by atoms with Crippen molar-refractivity contribution in [2.24, 2.45) is 7.05 Å². The predicted molar refractivity (Wildman–Crippen MR) is 123 cm³/mol. The highest BCUT2D eigenvalue weighted by Crippen LogP contribution is 2.37. The number of amides is 1. The number of rotatable bonds is 8. The van der Waals surface area contributed by atoms with Crippen LogP contribution < -0.4 is 10.3 Å². The number of aryl methyl sites for hydroxylation is 1. The minimum absolute atomic E-state index is 0.144. The van der Waals surface area contributed by atoms with Crippen LogP contribution in [0.25, 0.3) is 10.9 Å². The highest BCUT2D eigenvalue weighted by Gasteiger charge is 2.23. The molecule has 1 saturated carbocycles. The number of benzene rings is 1. The van der Waals surface area contributed by atoms with Gasteiger partial charge in [-0.3, -0.25) is 9.59 Å². The molecule has 1 aliphatic rings. The van der Waals surface area contributed by atoms with E-state index in [4.69, 9.17) is 27.9 Å². The lowest BCUT2D eigenvalue weighted by atomic mass is 9.94. The Labute approximate surface area is 187 Å². The second kappa shape index (κ2) is 10.5. The van der Waals surface area contributed by atoms with E-state index in [0.717, 1.165) is 32.2 Å². The minimum Gasteiger partial charge on any atom is -0.491 e. The van der Waals surface area contributed by atoms with E-state index in [-0.39, 0.29) is 11.5 Å². The lowest BCUT2D eigenvalue weighted by Crippen LogP contribution is -2.41. The number of halogens is 2. The standard InChI is InChI=1S/C23H30Cl2N2O3/c1-3-27(16-9-5-4-6-10-16)21(29)11-7-8-14-30-23-17-12-13-20(28)26(2)22(17)18(24)15-19(23)25/h12-13,15-16H,3-11,14H2,1-2H3. The Kier molecular flexibility index (Phi) is 8.06. The molecule has 30 heavy (non-hydrogen) atoms. The first-order chi connectivity index (χ1) is 14.4. The molecular formula is C23H30Cl2N2O3. The molecule has 0 aliphatic heterocycles. The van der Waals surface area contributed by atoms with E-state index in [1.807, 2.05) is 0 Å². The quantitative estimate of drug-likeness (QED) is 0.491. The zero-order valence-corrected chi connectivity index (χ0v) is 19.3. The van der Waals surface area contributed by atoms with Crippen molar-refractivity contribution in [2.75, 3.05) is 13.2 Å². The van der Waals surface area contributed by atoms with Crippen molar-refractivity contribution in [3.63, 3.8) is 0 Å². The van der Waals surface area contributed by atoms with Crippen molar-refractivity contribution < 1.29 is 9.53 Å². The Morgan fingerprint density at radius 3 is 2.60 bits per heavy atom. The van der Waals surface area contributed by atoms with E-state index >= 15 is 0 Å². The van der Waals surface area contributed by atoms with Crippen LogP contribution in [0.2, 0.25) is 10.0 Å². The fourth-order valence-electron chi connectivity index (χ4n) is 4.36. The average Bonchev–Trinajstić information content (AvgIpc) is 2.73. The van der Waals surface area contributed by atoms with E-state index in [1.54, 1.807) is 19.2 Å². The van der Waals surface area contributed by atoms with Crippen LogP contribution >= 0.6 is 23.2 Å². The van der Waals surface area contributed by atoms with Gasteiger partial charge in [-0.1, -0.05) is 42.5 Å². The molecule has 0 saturated heterocycles. The first-order valence-electron chi connectivity index (χ1n) is 10.8. The number of fused-ring (bicyclic) bond motifs is 1. The van der Waals surface area contributed by atoms with Crippen LogP contribution in [-0.4, -0.2) is 34.6 Å². The van der Waals surface area contributed by atoms with Crippen molar-refractivity contribution in [2.45, 2.75) is 64.3 Å². The van der Waals surface area contributed by atoms with Gasteiger partial charge in [-0.2, -0.15) is 0 Å². The van der Waals surface area contributed by atoms with Gasteiger partial charge in [0.05, 0.1) is 22.2 Å². The molecule has 3 rings (SSSR count). The van der Waals surface area contributed by atoms with Crippen molar-refractivity contribution in [1.29, 1.82) is 0 Å². The summed E-state index contributed by atoms with van der Waals surface area (Å²) >= 11 is 12.6. The van der Waals surface area contributed by atoms with Gasteiger partial charge in [0.1, 0.15) is 5.75 Å². The van der Waals surface area contributed by atoms with Gasteiger partial charge in [0.15, 0.2) is 0 Å². The maximum atomic E-state index is 12.7. The monoisotopic (exact) mass is 452 g/mol. The molecule has 1 heterocycles. The fraction of sp³-hybridized carbons (Fsp3) is 0.565. The van der Waals surface area contributed by atoms with Gasteiger partial charge in [-0.05, 0) is 44.7 Å².